The molecule has 1 fully saturated rings. The maximum atomic E-state index is 6.32. The molecule has 3 heteroatoms. The molecule has 0 spiro atoms. The van der Waals surface area contributed by atoms with Gasteiger partial charge in [-0.2, -0.15) is 0 Å². The lowest BCUT2D eigenvalue weighted by molar-refractivity contribution is 0.106. The topological polar surface area (TPSA) is 40.2 Å². The summed E-state index contributed by atoms with van der Waals surface area (Å²) >= 11 is 0. The molecule has 1 aliphatic heterocycles. The van der Waals surface area contributed by atoms with Crippen molar-refractivity contribution in [2.45, 2.75) is 58.2 Å². The Bertz CT molecular complexity index is 449. The molecule has 3 atom stereocenters. The van der Waals surface area contributed by atoms with Crippen LogP contribution in [0.4, 0.5) is 0 Å². The van der Waals surface area contributed by atoms with Gasteiger partial charge in [-0.1, -0.05) is 13.8 Å². The summed E-state index contributed by atoms with van der Waals surface area (Å²) in [7, 11) is 0. The molecule has 0 radical (unpaired) electrons. The Kier molecular flexibility index (Phi) is 2.79. The highest BCUT2D eigenvalue weighted by Crippen LogP contribution is 2.42. The summed E-state index contributed by atoms with van der Waals surface area (Å²) in [6.45, 7) is 7.70. The average Bonchev–Trinajstić information content (AvgIpc) is 2.82. The van der Waals surface area contributed by atoms with Crippen LogP contribution in [0.5, 0.6) is 0 Å². The standard InChI is InChI=1S/C15H24N2O/c1-10-13(5-7-18-10)17-6-4-11-12(16)8-15(2,3)9-14(11)17/h4,6,10,12-13H,5,7-9,16H2,1-3H3. The maximum Gasteiger partial charge on any atom is 0.0754 e. The highest BCUT2D eigenvalue weighted by atomic mass is 16.5. The molecule has 100 valence electrons. The minimum absolute atomic E-state index is 0.197. The SMILES string of the molecule is CC1OCCC1n1ccc2c1CC(C)(C)CC2N. The van der Waals surface area contributed by atoms with Crippen LogP contribution in [0.15, 0.2) is 12.3 Å². The molecule has 3 rings (SSSR count). The molecule has 2 N–H and O–H groups in total. The molecule has 1 aromatic rings. The first-order chi connectivity index (χ1) is 8.48. The van der Waals surface area contributed by atoms with Gasteiger partial charge in [0, 0.05) is 24.5 Å². The molecule has 1 aliphatic carbocycles. The van der Waals surface area contributed by atoms with Gasteiger partial charge in [-0.05, 0) is 43.2 Å². The van der Waals surface area contributed by atoms with Crippen LogP contribution in [-0.4, -0.2) is 17.3 Å². The van der Waals surface area contributed by atoms with Gasteiger partial charge < -0.3 is 15.0 Å². The quantitative estimate of drug-likeness (QED) is 0.830. The van der Waals surface area contributed by atoms with Crippen LogP contribution in [0.2, 0.25) is 0 Å². The molecule has 0 bridgehead atoms. The predicted molar refractivity (Wildman–Crippen MR) is 72.5 cm³/mol. The summed E-state index contributed by atoms with van der Waals surface area (Å²) in [5, 5.41) is 0. The molecule has 2 aliphatic rings. The smallest absolute Gasteiger partial charge is 0.0754 e. The molecular formula is C15H24N2O. The zero-order valence-corrected chi connectivity index (χ0v) is 11.6. The number of nitrogens with two attached hydrogens (primary N) is 1. The molecule has 1 aromatic heterocycles. The molecule has 1 saturated heterocycles. The van der Waals surface area contributed by atoms with E-state index in [1.807, 2.05) is 0 Å². The second-order valence-electron chi connectivity index (χ2n) is 6.71. The first-order valence-corrected chi connectivity index (χ1v) is 7.05. The Labute approximate surface area is 109 Å². The summed E-state index contributed by atoms with van der Waals surface area (Å²) in [5.41, 5.74) is 9.44. The van der Waals surface area contributed by atoms with E-state index in [0.717, 1.165) is 25.9 Å². The van der Waals surface area contributed by atoms with Crippen LogP contribution >= 0.6 is 0 Å². The summed E-state index contributed by atoms with van der Waals surface area (Å²) < 4.78 is 8.15. The van der Waals surface area contributed by atoms with Crippen molar-refractivity contribution in [1.82, 2.24) is 4.57 Å². The van der Waals surface area contributed by atoms with Crippen molar-refractivity contribution in [3.8, 4) is 0 Å². The fourth-order valence-electron chi connectivity index (χ4n) is 3.65. The number of aromatic nitrogens is 1. The van der Waals surface area contributed by atoms with Crippen LogP contribution < -0.4 is 5.73 Å². The van der Waals surface area contributed by atoms with Crippen molar-refractivity contribution in [3.05, 3.63) is 23.5 Å². The van der Waals surface area contributed by atoms with Crippen molar-refractivity contribution in [2.75, 3.05) is 6.61 Å². The van der Waals surface area contributed by atoms with E-state index in [1.54, 1.807) is 0 Å². The number of ether oxygens (including phenoxy) is 1. The number of hydrogen-bond donors (Lipinski definition) is 1. The third-order valence-electron chi connectivity index (χ3n) is 4.57. The molecule has 0 saturated carbocycles. The molecule has 2 heterocycles. The summed E-state index contributed by atoms with van der Waals surface area (Å²) in [6, 6.07) is 2.91. The zero-order chi connectivity index (χ0) is 12.9. The third-order valence-corrected chi connectivity index (χ3v) is 4.57. The predicted octanol–water partition coefficient (Wildman–Crippen LogP) is 2.81. The van der Waals surface area contributed by atoms with Crippen molar-refractivity contribution in [3.63, 3.8) is 0 Å². The van der Waals surface area contributed by atoms with Crippen molar-refractivity contribution in [1.29, 1.82) is 0 Å². The fraction of sp³-hybridized carbons (Fsp3) is 0.733. The zero-order valence-electron chi connectivity index (χ0n) is 11.6. The molecule has 0 amide bonds. The van der Waals surface area contributed by atoms with Crippen molar-refractivity contribution >= 4 is 0 Å². The number of nitrogens with zero attached hydrogens (tertiary/aromatic N) is 1. The Morgan fingerprint density at radius 1 is 1.44 bits per heavy atom. The molecular weight excluding hydrogens is 224 g/mol. The summed E-state index contributed by atoms with van der Waals surface area (Å²) in [5.74, 6) is 0. The van der Waals surface area contributed by atoms with Crippen LogP contribution in [0, 0.1) is 5.41 Å². The van der Waals surface area contributed by atoms with Gasteiger partial charge in [0.05, 0.1) is 12.1 Å². The van der Waals surface area contributed by atoms with E-state index in [2.05, 4.69) is 37.6 Å². The van der Waals surface area contributed by atoms with Gasteiger partial charge in [-0.3, -0.25) is 0 Å². The van der Waals surface area contributed by atoms with Crippen molar-refractivity contribution in [2.24, 2.45) is 11.1 Å². The third kappa shape index (κ3) is 1.90. The summed E-state index contributed by atoms with van der Waals surface area (Å²) in [4.78, 5) is 0. The van der Waals surface area contributed by atoms with E-state index in [1.165, 1.54) is 11.3 Å². The lowest BCUT2D eigenvalue weighted by Gasteiger charge is -2.35. The molecule has 3 unspecified atom stereocenters. The van der Waals surface area contributed by atoms with Gasteiger partial charge in [-0.25, -0.2) is 0 Å². The van der Waals surface area contributed by atoms with E-state index in [0.29, 0.717) is 17.6 Å². The first kappa shape index (κ1) is 12.2. The van der Waals surface area contributed by atoms with E-state index in [-0.39, 0.29) is 6.04 Å². The lowest BCUT2D eigenvalue weighted by atomic mass is 9.74. The number of rotatable bonds is 1. The molecule has 3 nitrogen and oxygen atoms in total. The van der Waals surface area contributed by atoms with Gasteiger partial charge in [0.1, 0.15) is 0 Å². The first-order valence-electron chi connectivity index (χ1n) is 7.05. The van der Waals surface area contributed by atoms with Gasteiger partial charge in [0.15, 0.2) is 0 Å². The largest absolute Gasteiger partial charge is 0.376 e. The summed E-state index contributed by atoms with van der Waals surface area (Å²) in [6.07, 6.45) is 5.88. The second-order valence-corrected chi connectivity index (χ2v) is 6.71. The van der Waals surface area contributed by atoms with Crippen LogP contribution in [0.25, 0.3) is 0 Å². The fourth-order valence-corrected chi connectivity index (χ4v) is 3.65. The lowest BCUT2D eigenvalue weighted by Crippen LogP contribution is -2.31. The van der Waals surface area contributed by atoms with Gasteiger partial charge in [0.2, 0.25) is 0 Å². The van der Waals surface area contributed by atoms with E-state index < -0.39 is 0 Å². The van der Waals surface area contributed by atoms with Gasteiger partial charge in [0.25, 0.3) is 0 Å². The Balaban J connectivity index is 1.99. The van der Waals surface area contributed by atoms with E-state index in [9.17, 15) is 0 Å². The Morgan fingerprint density at radius 3 is 2.89 bits per heavy atom. The minimum Gasteiger partial charge on any atom is -0.376 e. The van der Waals surface area contributed by atoms with Crippen LogP contribution in [0.3, 0.4) is 0 Å². The Hall–Kier alpha value is -0.800. The number of fused-ring (bicyclic) bond motifs is 1. The highest BCUT2D eigenvalue weighted by Gasteiger charge is 2.35. The minimum atomic E-state index is 0.197. The van der Waals surface area contributed by atoms with Crippen LogP contribution in [0.1, 0.15) is 57.0 Å². The van der Waals surface area contributed by atoms with Crippen molar-refractivity contribution < 1.29 is 4.74 Å². The second kappa shape index (κ2) is 4.10. The average molecular weight is 248 g/mol. The Morgan fingerprint density at radius 2 is 2.22 bits per heavy atom. The van der Waals surface area contributed by atoms with E-state index in [4.69, 9.17) is 10.5 Å². The van der Waals surface area contributed by atoms with E-state index >= 15 is 0 Å². The maximum absolute atomic E-state index is 6.32. The highest BCUT2D eigenvalue weighted by molar-refractivity contribution is 5.31. The normalized spacial score (nSPS) is 34.6. The number of hydrogen-bond acceptors (Lipinski definition) is 2. The molecule has 18 heavy (non-hydrogen) atoms. The van der Waals surface area contributed by atoms with Gasteiger partial charge >= 0.3 is 0 Å². The van der Waals surface area contributed by atoms with Crippen LogP contribution in [-0.2, 0) is 11.2 Å². The monoisotopic (exact) mass is 248 g/mol. The molecule has 0 aromatic carbocycles. The van der Waals surface area contributed by atoms with Gasteiger partial charge in [-0.15, -0.1) is 0 Å².